The van der Waals surface area contributed by atoms with Crippen LogP contribution in [0.2, 0.25) is 0 Å². The van der Waals surface area contributed by atoms with Gasteiger partial charge in [-0.1, -0.05) is 6.07 Å². The molecule has 7 nitrogen and oxygen atoms in total. The first kappa shape index (κ1) is 20.2. The van der Waals surface area contributed by atoms with Crippen molar-refractivity contribution < 1.29 is 23.8 Å². The predicted molar refractivity (Wildman–Crippen MR) is 105 cm³/mol. The van der Waals surface area contributed by atoms with Gasteiger partial charge < -0.3 is 24.3 Å². The van der Waals surface area contributed by atoms with E-state index in [1.807, 2.05) is 6.07 Å². The summed E-state index contributed by atoms with van der Waals surface area (Å²) in [5.41, 5.74) is 0.474. The molecule has 1 aliphatic heterocycles. The van der Waals surface area contributed by atoms with Crippen molar-refractivity contribution in [2.45, 2.75) is 26.0 Å². The Bertz CT molecular complexity index is 789. The van der Waals surface area contributed by atoms with Gasteiger partial charge >= 0.3 is 0 Å². The molecule has 1 aromatic heterocycles. The number of para-hydroxylation sites is 1. The number of likely N-dealkylation sites (tertiary alicyclic amines) is 1. The summed E-state index contributed by atoms with van der Waals surface area (Å²) in [6, 6.07) is 9.00. The molecule has 2 aromatic rings. The second-order valence-corrected chi connectivity index (χ2v) is 7.02. The lowest BCUT2D eigenvalue weighted by Gasteiger charge is -2.32. The van der Waals surface area contributed by atoms with Crippen LogP contribution in [0.15, 0.2) is 34.7 Å². The van der Waals surface area contributed by atoms with Gasteiger partial charge in [0.2, 0.25) is 0 Å². The Labute approximate surface area is 165 Å². The van der Waals surface area contributed by atoms with Crippen molar-refractivity contribution >= 4 is 5.91 Å². The van der Waals surface area contributed by atoms with E-state index in [0.29, 0.717) is 41.8 Å². The highest BCUT2D eigenvalue weighted by Crippen LogP contribution is 2.30. The lowest BCUT2D eigenvalue weighted by Crippen LogP contribution is -2.40. The van der Waals surface area contributed by atoms with Crippen molar-refractivity contribution in [3.05, 3.63) is 47.4 Å². The highest BCUT2D eigenvalue weighted by molar-refractivity contribution is 5.97. The molecule has 1 aliphatic rings. The summed E-state index contributed by atoms with van der Waals surface area (Å²) in [5, 5.41) is 12.2. The van der Waals surface area contributed by atoms with Gasteiger partial charge in [0.15, 0.2) is 11.5 Å². The molecule has 2 heterocycles. The van der Waals surface area contributed by atoms with Crippen molar-refractivity contribution in [1.29, 1.82) is 0 Å². The maximum absolute atomic E-state index is 12.6. The highest BCUT2D eigenvalue weighted by atomic mass is 16.5. The Hall–Kier alpha value is -2.51. The van der Waals surface area contributed by atoms with E-state index in [4.69, 9.17) is 19.0 Å². The second kappa shape index (κ2) is 9.61. The monoisotopic (exact) mass is 388 g/mol. The third-order valence-electron chi connectivity index (χ3n) is 5.05. The van der Waals surface area contributed by atoms with E-state index in [1.165, 1.54) is 7.11 Å². The fourth-order valence-electron chi connectivity index (χ4n) is 3.67. The van der Waals surface area contributed by atoms with Crippen molar-refractivity contribution in [1.82, 2.24) is 10.2 Å². The summed E-state index contributed by atoms with van der Waals surface area (Å²) in [7, 11) is 3.09. The molecule has 28 heavy (non-hydrogen) atoms. The van der Waals surface area contributed by atoms with Gasteiger partial charge in [0.05, 0.1) is 26.3 Å². The first-order chi connectivity index (χ1) is 13.6. The topological polar surface area (TPSA) is 84.2 Å². The Morgan fingerprint density at radius 3 is 2.79 bits per heavy atom. The first-order valence-electron chi connectivity index (χ1n) is 9.54. The van der Waals surface area contributed by atoms with Crippen molar-refractivity contribution in [2.75, 3.05) is 33.9 Å². The van der Waals surface area contributed by atoms with Gasteiger partial charge in [-0.2, -0.15) is 0 Å². The third-order valence-corrected chi connectivity index (χ3v) is 5.05. The van der Waals surface area contributed by atoms with Gasteiger partial charge in [0.1, 0.15) is 18.1 Å². The molecule has 2 N–H and O–H groups in total. The summed E-state index contributed by atoms with van der Waals surface area (Å²) in [4.78, 5) is 15.0. The van der Waals surface area contributed by atoms with E-state index in [-0.39, 0.29) is 12.5 Å². The molecular weight excluding hydrogens is 360 g/mol. The number of carbonyl (C=O) groups excluding carboxylic acids is 1. The lowest BCUT2D eigenvalue weighted by molar-refractivity contribution is 0.0924. The number of furan rings is 1. The number of hydrogen-bond donors (Lipinski definition) is 2. The average Bonchev–Trinajstić information content (AvgIpc) is 3.19. The molecule has 1 saturated heterocycles. The predicted octanol–water partition coefficient (Wildman–Crippen LogP) is 2.43. The first-order valence-corrected chi connectivity index (χ1v) is 9.54. The van der Waals surface area contributed by atoms with Crippen LogP contribution in [0.3, 0.4) is 0 Å². The molecule has 1 fully saturated rings. The number of benzene rings is 1. The maximum atomic E-state index is 12.6. The zero-order chi connectivity index (χ0) is 19.9. The lowest BCUT2D eigenvalue weighted by atomic mass is 9.97. The van der Waals surface area contributed by atoms with E-state index in [1.54, 1.807) is 31.4 Å². The van der Waals surface area contributed by atoms with Crippen molar-refractivity contribution in [3.8, 4) is 11.5 Å². The van der Waals surface area contributed by atoms with E-state index >= 15 is 0 Å². The van der Waals surface area contributed by atoms with Crippen molar-refractivity contribution in [3.63, 3.8) is 0 Å². The number of aliphatic hydroxyl groups is 1. The smallest absolute Gasteiger partial charge is 0.255 e. The third kappa shape index (κ3) is 4.85. The molecule has 0 spiro atoms. The largest absolute Gasteiger partial charge is 0.493 e. The number of hydrogen-bond acceptors (Lipinski definition) is 6. The van der Waals surface area contributed by atoms with Crippen LogP contribution in [0, 0.1) is 5.92 Å². The van der Waals surface area contributed by atoms with E-state index < -0.39 is 0 Å². The van der Waals surface area contributed by atoms with Crippen molar-refractivity contribution in [2.24, 2.45) is 5.92 Å². The fraction of sp³-hybridized carbons (Fsp3) is 0.476. The van der Waals surface area contributed by atoms with E-state index in [9.17, 15) is 4.79 Å². The molecule has 1 atom stereocenters. The van der Waals surface area contributed by atoms with Crippen LogP contribution in [0.5, 0.6) is 11.5 Å². The number of piperidine rings is 1. The molecule has 1 aromatic carbocycles. The molecule has 0 aliphatic carbocycles. The summed E-state index contributed by atoms with van der Waals surface area (Å²) >= 11 is 0. The van der Waals surface area contributed by atoms with Crippen LogP contribution >= 0.6 is 0 Å². The number of carbonyl (C=O) groups is 1. The van der Waals surface area contributed by atoms with Crippen LogP contribution in [-0.2, 0) is 13.2 Å². The van der Waals surface area contributed by atoms with Crippen LogP contribution in [0.25, 0.3) is 0 Å². The minimum atomic E-state index is -0.161. The number of rotatable bonds is 8. The van der Waals surface area contributed by atoms with E-state index in [2.05, 4.69) is 10.2 Å². The van der Waals surface area contributed by atoms with Gasteiger partial charge in [-0.3, -0.25) is 9.69 Å². The maximum Gasteiger partial charge on any atom is 0.255 e. The second-order valence-electron chi connectivity index (χ2n) is 7.02. The Balaban J connectivity index is 1.55. The quantitative estimate of drug-likeness (QED) is 0.723. The fourth-order valence-corrected chi connectivity index (χ4v) is 3.67. The SMILES string of the molecule is COc1cccc(C(=O)NC[C@H]2CCCN(Cc3ccc(CO)o3)C2)c1OC. The van der Waals surface area contributed by atoms with E-state index in [0.717, 1.165) is 31.7 Å². The summed E-state index contributed by atoms with van der Waals surface area (Å²) in [5.74, 6) is 2.65. The molecule has 0 radical (unpaired) electrons. The van der Waals surface area contributed by atoms with Gasteiger partial charge in [0.25, 0.3) is 5.91 Å². The number of aliphatic hydroxyl groups excluding tert-OH is 1. The van der Waals surface area contributed by atoms with Crippen LogP contribution in [0.4, 0.5) is 0 Å². The Morgan fingerprint density at radius 1 is 1.25 bits per heavy atom. The molecule has 7 heteroatoms. The molecule has 3 rings (SSSR count). The zero-order valence-corrected chi connectivity index (χ0v) is 16.4. The number of nitrogens with zero attached hydrogens (tertiary/aromatic N) is 1. The standard InChI is InChI=1S/C21H28N2O5/c1-26-19-7-3-6-18(20(19)27-2)21(25)22-11-15-5-4-10-23(12-15)13-16-8-9-17(14-24)28-16/h3,6-9,15,24H,4-5,10-14H2,1-2H3,(H,22,25)/t15-/m1/s1. The molecule has 0 unspecified atom stereocenters. The zero-order valence-electron chi connectivity index (χ0n) is 16.4. The number of methoxy groups -OCH3 is 2. The van der Waals surface area contributed by atoms with Gasteiger partial charge in [0, 0.05) is 13.1 Å². The number of amides is 1. The van der Waals surface area contributed by atoms with Crippen LogP contribution in [0.1, 0.15) is 34.7 Å². The van der Waals surface area contributed by atoms with Crippen LogP contribution in [-0.4, -0.2) is 49.8 Å². The van der Waals surface area contributed by atoms with Gasteiger partial charge in [-0.15, -0.1) is 0 Å². The summed E-state index contributed by atoms with van der Waals surface area (Å²) < 4.78 is 16.2. The molecule has 0 saturated carbocycles. The Morgan fingerprint density at radius 2 is 2.07 bits per heavy atom. The molecule has 152 valence electrons. The minimum absolute atomic E-state index is 0.0810. The Kier molecular flexibility index (Phi) is 6.95. The minimum Gasteiger partial charge on any atom is -0.493 e. The molecular formula is C21H28N2O5. The van der Waals surface area contributed by atoms with Gasteiger partial charge in [-0.05, 0) is 49.6 Å². The molecule has 0 bridgehead atoms. The van der Waals surface area contributed by atoms with Crippen LogP contribution < -0.4 is 14.8 Å². The number of ether oxygens (including phenoxy) is 2. The normalized spacial score (nSPS) is 17.3. The molecule has 1 amide bonds. The highest BCUT2D eigenvalue weighted by Gasteiger charge is 2.23. The number of nitrogens with one attached hydrogen (secondary N) is 1. The summed E-state index contributed by atoms with van der Waals surface area (Å²) in [6.07, 6.45) is 2.16. The average molecular weight is 388 g/mol. The van der Waals surface area contributed by atoms with Gasteiger partial charge in [-0.25, -0.2) is 0 Å². The summed E-state index contributed by atoms with van der Waals surface area (Å²) in [6.45, 7) is 3.14.